The number of anilines is 2. The molecule has 0 spiro atoms. The molecule has 0 atom stereocenters. The fourth-order valence-corrected chi connectivity index (χ4v) is 2.92. The van der Waals surface area contributed by atoms with Crippen LogP contribution in [-0.4, -0.2) is 20.2 Å². The Labute approximate surface area is 165 Å². The van der Waals surface area contributed by atoms with Crippen LogP contribution in [0.5, 0.6) is 0 Å². The number of hydrogen-bond donors (Lipinski definition) is 2. The zero-order valence-corrected chi connectivity index (χ0v) is 16.1. The van der Waals surface area contributed by atoms with Gasteiger partial charge < -0.3 is 5.73 Å². The topological polar surface area (TPSA) is 77.9 Å². The molecule has 3 rings (SSSR count). The van der Waals surface area contributed by atoms with Crippen LogP contribution in [0.3, 0.4) is 0 Å². The minimum absolute atomic E-state index is 0.0660. The summed E-state index contributed by atoms with van der Waals surface area (Å²) in [6, 6.07) is 12.4. The maximum absolute atomic E-state index is 12.5. The minimum atomic E-state index is -0.208. The summed E-state index contributed by atoms with van der Waals surface area (Å²) in [7, 11) is 0. The average Bonchev–Trinajstić information content (AvgIpc) is 2.85. The number of ketones is 1. The van der Waals surface area contributed by atoms with Gasteiger partial charge in [0.25, 0.3) is 0 Å². The summed E-state index contributed by atoms with van der Waals surface area (Å²) in [6.07, 6.45) is 0. The van der Waals surface area contributed by atoms with Gasteiger partial charge in [0.05, 0.1) is 15.7 Å². The van der Waals surface area contributed by atoms with E-state index in [1.807, 2.05) is 31.2 Å². The largest absolute Gasteiger partial charge is 0.366 e. The van der Waals surface area contributed by atoms with E-state index in [0.717, 1.165) is 11.3 Å². The Morgan fingerprint density at radius 2 is 2.00 bits per heavy atom. The van der Waals surface area contributed by atoms with E-state index in [9.17, 15) is 4.79 Å². The van der Waals surface area contributed by atoms with E-state index in [2.05, 4.69) is 10.5 Å². The van der Waals surface area contributed by atoms with Gasteiger partial charge in [-0.25, -0.2) is 4.68 Å². The van der Waals surface area contributed by atoms with Crippen LogP contribution in [0.25, 0.3) is 0 Å². The molecule has 26 heavy (non-hydrogen) atoms. The van der Waals surface area contributed by atoms with Crippen molar-refractivity contribution in [1.29, 1.82) is 0 Å². The summed E-state index contributed by atoms with van der Waals surface area (Å²) < 4.78 is 3.09. The van der Waals surface area contributed by atoms with E-state index in [4.69, 9.17) is 41.2 Å². The molecule has 0 aliphatic heterocycles. The quantitative estimate of drug-likeness (QED) is 0.484. The second-order valence-electron chi connectivity index (χ2n) is 5.67. The molecular weight excluding hydrogens is 393 g/mol. The number of nitrogen functional groups attached to an aromatic ring is 1. The first-order valence-corrected chi connectivity index (χ1v) is 8.79. The number of nitrogens with zero attached hydrogens (tertiary/aromatic N) is 3. The van der Waals surface area contributed by atoms with Crippen LogP contribution in [0.15, 0.2) is 42.5 Å². The van der Waals surface area contributed by atoms with Crippen molar-refractivity contribution in [3.05, 3.63) is 68.4 Å². The van der Waals surface area contributed by atoms with Crippen molar-refractivity contribution in [2.24, 2.45) is 0 Å². The van der Waals surface area contributed by atoms with E-state index >= 15 is 0 Å². The van der Waals surface area contributed by atoms with Crippen molar-refractivity contribution < 1.29 is 4.79 Å². The van der Waals surface area contributed by atoms with E-state index in [-0.39, 0.29) is 23.0 Å². The predicted molar refractivity (Wildman–Crippen MR) is 106 cm³/mol. The van der Waals surface area contributed by atoms with Gasteiger partial charge in [0.1, 0.15) is 6.54 Å². The van der Waals surface area contributed by atoms with Crippen molar-refractivity contribution in [3.63, 3.8) is 0 Å². The third-order valence-electron chi connectivity index (χ3n) is 3.66. The summed E-state index contributed by atoms with van der Waals surface area (Å²) in [5.41, 5.74) is 11.3. The number of halogens is 2. The number of carbonyl (C=O) groups excluding carboxylic acids is 1. The second kappa shape index (κ2) is 7.49. The van der Waals surface area contributed by atoms with Crippen molar-refractivity contribution in [2.45, 2.75) is 13.5 Å². The molecule has 0 unspecified atom stereocenters. The van der Waals surface area contributed by atoms with Gasteiger partial charge in [0, 0.05) is 5.56 Å². The molecule has 1 heterocycles. The highest BCUT2D eigenvalue weighted by molar-refractivity contribution is 7.71. The number of benzene rings is 2. The highest BCUT2D eigenvalue weighted by Gasteiger charge is 2.14. The van der Waals surface area contributed by atoms with Gasteiger partial charge in [-0.15, -0.1) is 5.10 Å². The number of nitrogens with one attached hydrogen (secondary N) is 1. The molecule has 0 bridgehead atoms. The number of nitrogens with two attached hydrogens (primary N) is 1. The lowest BCUT2D eigenvalue weighted by molar-refractivity contribution is 0.0967. The fraction of sp³-hybridized carbons (Fsp3) is 0.118. The van der Waals surface area contributed by atoms with Crippen LogP contribution in [0.1, 0.15) is 15.9 Å². The van der Waals surface area contributed by atoms with Crippen molar-refractivity contribution in [1.82, 2.24) is 14.5 Å². The molecule has 0 radical (unpaired) electrons. The summed E-state index contributed by atoms with van der Waals surface area (Å²) in [4.78, 5) is 12.5. The van der Waals surface area contributed by atoms with Gasteiger partial charge in [0.2, 0.25) is 10.7 Å². The molecule has 134 valence electrons. The fourth-order valence-electron chi connectivity index (χ4n) is 2.37. The maximum Gasteiger partial charge on any atom is 0.240 e. The van der Waals surface area contributed by atoms with E-state index < -0.39 is 0 Å². The van der Waals surface area contributed by atoms with Gasteiger partial charge in [-0.05, 0) is 55.0 Å². The van der Waals surface area contributed by atoms with E-state index in [1.165, 1.54) is 15.4 Å². The molecule has 2 aromatic carbocycles. The third kappa shape index (κ3) is 3.90. The molecule has 3 aromatic rings. The minimum Gasteiger partial charge on any atom is -0.366 e. The molecule has 6 nitrogen and oxygen atoms in total. The van der Waals surface area contributed by atoms with Crippen molar-refractivity contribution in [3.8, 4) is 0 Å². The molecule has 3 N–H and O–H groups in total. The number of aromatic nitrogens is 3. The lowest BCUT2D eigenvalue weighted by atomic mass is 10.1. The third-order valence-corrected chi connectivity index (χ3v) is 4.79. The van der Waals surface area contributed by atoms with Crippen molar-refractivity contribution >= 4 is 52.8 Å². The average molecular weight is 408 g/mol. The first kappa shape index (κ1) is 18.4. The zero-order valence-electron chi connectivity index (χ0n) is 13.7. The summed E-state index contributed by atoms with van der Waals surface area (Å²) >= 11 is 17.2. The molecule has 0 saturated carbocycles. The molecular formula is C17H15Cl2N5OS. The van der Waals surface area contributed by atoms with E-state index in [1.54, 1.807) is 12.1 Å². The maximum atomic E-state index is 12.5. The Morgan fingerprint density at radius 3 is 2.69 bits per heavy atom. The Balaban J connectivity index is 1.84. The number of carbonyl (C=O) groups is 1. The Morgan fingerprint density at radius 1 is 1.23 bits per heavy atom. The van der Waals surface area contributed by atoms with Gasteiger partial charge in [-0.2, -0.15) is 4.68 Å². The van der Waals surface area contributed by atoms with Crippen molar-refractivity contribution in [2.75, 3.05) is 11.2 Å². The highest BCUT2D eigenvalue weighted by Crippen LogP contribution is 2.23. The number of rotatable bonds is 5. The zero-order chi connectivity index (χ0) is 18.8. The summed E-state index contributed by atoms with van der Waals surface area (Å²) in [6.45, 7) is 1.91. The normalized spacial score (nSPS) is 10.7. The van der Waals surface area contributed by atoms with Gasteiger partial charge in [-0.3, -0.25) is 10.2 Å². The molecule has 1 aromatic heterocycles. The first-order valence-electron chi connectivity index (χ1n) is 7.62. The second-order valence-corrected chi connectivity index (χ2v) is 6.85. The van der Waals surface area contributed by atoms with Crippen LogP contribution in [0.4, 0.5) is 11.6 Å². The predicted octanol–water partition coefficient (Wildman–Crippen LogP) is 4.37. The summed E-state index contributed by atoms with van der Waals surface area (Å²) in [5, 5.41) is 4.84. The van der Waals surface area contributed by atoms with Gasteiger partial charge >= 0.3 is 0 Å². The summed E-state index contributed by atoms with van der Waals surface area (Å²) in [5.74, 6) is -0.0571. The van der Waals surface area contributed by atoms with Crippen LogP contribution < -0.4 is 11.2 Å². The molecule has 0 aliphatic carbocycles. The van der Waals surface area contributed by atoms with Crippen LogP contribution in [-0.2, 0) is 6.54 Å². The van der Waals surface area contributed by atoms with Gasteiger partial charge in [-0.1, -0.05) is 35.3 Å². The molecule has 0 fully saturated rings. The van der Waals surface area contributed by atoms with E-state index in [0.29, 0.717) is 15.6 Å². The van der Waals surface area contributed by atoms with Crippen LogP contribution in [0, 0.1) is 11.7 Å². The lowest BCUT2D eigenvalue weighted by Gasteiger charge is -2.08. The first-order chi connectivity index (χ1) is 12.3. The smallest absolute Gasteiger partial charge is 0.240 e. The molecule has 0 amide bonds. The standard InChI is InChI=1S/C17H15Cl2N5OS/c1-10-3-2-4-12(7-10)21-24-16(20)22-23(17(24)26)9-15(25)11-5-6-13(18)14(19)8-11/h2-8,21H,9H2,1H3,(H2,20,22). The van der Waals surface area contributed by atoms with Crippen LogP contribution in [0.2, 0.25) is 10.0 Å². The Bertz CT molecular complexity index is 1040. The Hall–Kier alpha value is -2.35. The highest BCUT2D eigenvalue weighted by atomic mass is 35.5. The number of hydrogen-bond acceptors (Lipinski definition) is 5. The number of Topliss-reactive ketones (excluding diaryl/α,β-unsaturated/α-hetero) is 1. The molecule has 0 aliphatic rings. The number of aryl methyl sites for hydroxylation is 1. The van der Waals surface area contributed by atoms with Gasteiger partial charge in [0.15, 0.2) is 5.78 Å². The molecule has 9 heteroatoms. The monoisotopic (exact) mass is 407 g/mol. The lowest BCUT2D eigenvalue weighted by Crippen LogP contribution is -2.14. The SMILES string of the molecule is Cc1cccc(Nn2c(N)nn(CC(=O)c3ccc(Cl)c(Cl)c3)c2=S)c1. The van der Waals surface area contributed by atoms with Crippen LogP contribution >= 0.6 is 35.4 Å². The Kier molecular flexibility index (Phi) is 5.31. The molecule has 0 saturated heterocycles.